The maximum Gasteiger partial charge on any atom is 0.220 e. The molecule has 0 aliphatic heterocycles. The minimum atomic E-state index is 0.917. The van der Waals surface area contributed by atoms with E-state index in [0.29, 0.717) is 0 Å². The Morgan fingerprint density at radius 2 is 0.886 bits per heavy atom. The van der Waals surface area contributed by atoms with Crippen LogP contribution in [0.5, 0.6) is 0 Å². The largest absolute Gasteiger partial charge is 0.307 e. The Hall–Kier alpha value is -4.83. The molecule has 164 valence electrons. The van der Waals surface area contributed by atoms with Gasteiger partial charge in [-0.15, -0.1) is 0 Å². The Morgan fingerprint density at radius 1 is 0.400 bits per heavy atom. The molecule has 0 bridgehead atoms. The second-order valence-electron chi connectivity index (χ2n) is 8.92. The molecule has 0 amide bonds. The maximum absolute atomic E-state index is 5.09. The van der Waals surface area contributed by atoms with E-state index in [-0.39, 0.29) is 0 Å². The molecule has 0 fully saturated rings. The van der Waals surface area contributed by atoms with Gasteiger partial charge in [-0.3, -0.25) is 8.97 Å². The highest BCUT2D eigenvalue weighted by atomic mass is 15.2. The summed E-state index contributed by atoms with van der Waals surface area (Å²) >= 11 is 0. The smallest absolute Gasteiger partial charge is 0.220 e. The number of rotatable bonds is 2. The summed E-state index contributed by atoms with van der Waals surface area (Å²) in [5.41, 5.74) is 9.01. The number of aromatic nitrogens is 4. The molecule has 5 aromatic carbocycles. The van der Waals surface area contributed by atoms with Crippen molar-refractivity contribution in [1.82, 2.24) is 18.5 Å². The summed E-state index contributed by atoms with van der Waals surface area (Å²) < 4.78 is 6.95. The van der Waals surface area contributed by atoms with Gasteiger partial charge in [0.05, 0.1) is 44.5 Å². The molecule has 0 saturated heterocycles. The van der Waals surface area contributed by atoms with Gasteiger partial charge in [0, 0.05) is 10.8 Å². The monoisotopic (exact) mass is 448 g/mol. The van der Waals surface area contributed by atoms with Crippen LogP contribution in [0.3, 0.4) is 0 Å². The molecule has 0 saturated carbocycles. The van der Waals surface area contributed by atoms with Gasteiger partial charge in [0.25, 0.3) is 0 Å². The highest BCUT2D eigenvalue weighted by Crippen LogP contribution is 2.36. The van der Waals surface area contributed by atoms with Crippen LogP contribution in [0.4, 0.5) is 0 Å². The van der Waals surface area contributed by atoms with Crippen molar-refractivity contribution < 1.29 is 0 Å². The van der Waals surface area contributed by atoms with E-state index >= 15 is 0 Å². The molecule has 8 rings (SSSR count). The molecule has 0 N–H and O–H groups in total. The van der Waals surface area contributed by atoms with Crippen LogP contribution in [-0.4, -0.2) is 18.5 Å². The highest BCUT2D eigenvalue weighted by molar-refractivity contribution is 6.09. The minimum absolute atomic E-state index is 0.917. The van der Waals surface area contributed by atoms with Gasteiger partial charge in [0.1, 0.15) is 0 Å². The summed E-state index contributed by atoms with van der Waals surface area (Å²) in [6, 6.07) is 42.8. The molecule has 4 heteroatoms. The van der Waals surface area contributed by atoms with Gasteiger partial charge in [-0.25, -0.2) is 4.98 Å². The lowest BCUT2D eigenvalue weighted by Gasteiger charge is -2.15. The average Bonchev–Trinajstić information content (AvgIpc) is 3.55. The van der Waals surface area contributed by atoms with Crippen molar-refractivity contribution in [1.29, 1.82) is 0 Å². The van der Waals surface area contributed by atoms with Gasteiger partial charge in [-0.1, -0.05) is 72.8 Å². The van der Waals surface area contributed by atoms with Crippen molar-refractivity contribution in [2.24, 2.45) is 0 Å². The Morgan fingerprint density at radius 3 is 1.57 bits per heavy atom. The lowest BCUT2D eigenvalue weighted by atomic mass is 10.2. The van der Waals surface area contributed by atoms with E-state index in [4.69, 9.17) is 4.98 Å². The first-order valence-electron chi connectivity index (χ1n) is 11.8. The first-order chi connectivity index (χ1) is 17.4. The molecule has 35 heavy (non-hydrogen) atoms. The number of nitrogens with zero attached hydrogens (tertiary/aromatic N) is 4. The first kappa shape index (κ1) is 18.6. The fraction of sp³-hybridized carbons (Fsp3) is 0. The van der Waals surface area contributed by atoms with Gasteiger partial charge >= 0.3 is 0 Å². The van der Waals surface area contributed by atoms with E-state index in [1.807, 2.05) is 6.07 Å². The standard InChI is InChI=1S/C31H20N4/c1-4-14-24-21(11-1)22-12-2-5-15-25(22)33(24)27-17-7-8-18-28(27)35-30-20-10-9-19-29(30)34-26-16-6-3-13-23(26)32-31(34)35/h1-20H. The number of imidazole rings is 2. The van der Waals surface area contributed by atoms with Crippen molar-refractivity contribution in [3.05, 3.63) is 121 Å². The maximum atomic E-state index is 5.09. The van der Waals surface area contributed by atoms with Gasteiger partial charge in [-0.2, -0.15) is 0 Å². The van der Waals surface area contributed by atoms with Crippen LogP contribution in [0.1, 0.15) is 0 Å². The highest BCUT2D eigenvalue weighted by Gasteiger charge is 2.20. The van der Waals surface area contributed by atoms with Crippen LogP contribution in [0.25, 0.3) is 61.0 Å². The fourth-order valence-corrected chi connectivity index (χ4v) is 5.61. The predicted molar refractivity (Wildman–Crippen MR) is 144 cm³/mol. The van der Waals surface area contributed by atoms with E-state index in [9.17, 15) is 0 Å². The number of fused-ring (bicyclic) bond motifs is 8. The van der Waals surface area contributed by atoms with Crippen molar-refractivity contribution >= 4 is 49.7 Å². The summed E-state index contributed by atoms with van der Waals surface area (Å²) in [6.45, 7) is 0. The summed E-state index contributed by atoms with van der Waals surface area (Å²) in [6.07, 6.45) is 0. The molecule has 0 aliphatic rings. The summed E-state index contributed by atoms with van der Waals surface area (Å²) in [5, 5.41) is 2.51. The molecule has 3 aromatic heterocycles. The Balaban J connectivity index is 1.56. The van der Waals surface area contributed by atoms with Gasteiger partial charge < -0.3 is 4.57 Å². The fourth-order valence-electron chi connectivity index (χ4n) is 5.61. The van der Waals surface area contributed by atoms with Crippen molar-refractivity contribution in [3.8, 4) is 11.4 Å². The molecule has 8 aromatic rings. The van der Waals surface area contributed by atoms with Crippen molar-refractivity contribution in [2.75, 3.05) is 0 Å². The van der Waals surface area contributed by atoms with Gasteiger partial charge in [0.15, 0.2) is 0 Å². The molecule has 0 radical (unpaired) electrons. The number of hydrogen-bond donors (Lipinski definition) is 0. The first-order valence-corrected chi connectivity index (χ1v) is 11.8. The summed E-state index contributed by atoms with van der Waals surface area (Å²) in [4.78, 5) is 5.09. The molecular formula is C31H20N4. The van der Waals surface area contributed by atoms with E-state index in [0.717, 1.165) is 39.2 Å². The quantitative estimate of drug-likeness (QED) is 0.269. The molecule has 0 spiro atoms. The number of para-hydroxylation sites is 8. The Labute approximate surface area is 200 Å². The van der Waals surface area contributed by atoms with Crippen LogP contribution in [-0.2, 0) is 0 Å². The Bertz CT molecular complexity index is 2020. The van der Waals surface area contributed by atoms with Crippen molar-refractivity contribution in [2.45, 2.75) is 0 Å². The van der Waals surface area contributed by atoms with Crippen LogP contribution >= 0.6 is 0 Å². The van der Waals surface area contributed by atoms with E-state index in [1.54, 1.807) is 0 Å². The second kappa shape index (κ2) is 6.84. The minimum Gasteiger partial charge on any atom is -0.307 e. The topological polar surface area (TPSA) is 27.2 Å². The van der Waals surface area contributed by atoms with E-state index in [2.05, 4.69) is 129 Å². The zero-order valence-electron chi connectivity index (χ0n) is 18.8. The van der Waals surface area contributed by atoms with Crippen molar-refractivity contribution in [3.63, 3.8) is 0 Å². The zero-order chi connectivity index (χ0) is 22.9. The number of hydrogen-bond acceptors (Lipinski definition) is 1. The van der Waals surface area contributed by atoms with Crippen LogP contribution < -0.4 is 0 Å². The van der Waals surface area contributed by atoms with Crippen LogP contribution in [0, 0.1) is 0 Å². The third-order valence-corrected chi connectivity index (χ3v) is 7.05. The van der Waals surface area contributed by atoms with Crippen LogP contribution in [0.15, 0.2) is 121 Å². The molecule has 3 heterocycles. The molecule has 0 aliphatic carbocycles. The molecule has 4 nitrogen and oxygen atoms in total. The molecule has 0 atom stereocenters. The second-order valence-corrected chi connectivity index (χ2v) is 8.92. The number of benzene rings is 5. The third-order valence-electron chi connectivity index (χ3n) is 7.05. The summed E-state index contributed by atoms with van der Waals surface area (Å²) in [5.74, 6) is 0.917. The van der Waals surface area contributed by atoms with E-state index in [1.165, 1.54) is 21.8 Å². The van der Waals surface area contributed by atoms with Crippen LogP contribution in [0.2, 0.25) is 0 Å². The third kappa shape index (κ3) is 2.43. The molecule has 0 unspecified atom stereocenters. The lowest BCUT2D eigenvalue weighted by Crippen LogP contribution is -2.03. The Kier molecular flexibility index (Phi) is 3.63. The lowest BCUT2D eigenvalue weighted by molar-refractivity contribution is 1.06. The summed E-state index contributed by atoms with van der Waals surface area (Å²) in [7, 11) is 0. The average molecular weight is 449 g/mol. The van der Waals surface area contributed by atoms with Gasteiger partial charge in [0.2, 0.25) is 5.78 Å². The normalized spacial score (nSPS) is 12.0. The molecular weight excluding hydrogens is 428 g/mol. The van der Waals surface area contributed by atoms with Gasteiger partial charge in [-0.05, 0) is 48.5 Å². The predicted octanol–water partition coefficient (Wildman–Crippen LogP) is 7.53. The zero-order valence-corrected chi connectivity index (χ0v) is 18.8. The SMILES string of the molecule is c1ccc(-n2c3ccccc3n3c4ccccc4nc23)c(-n2c3ccccc3c3ccccc32)c1. The van der Waals surface area contributed by atoms with E-state index < -0.39 is 0 Å².